The molecule has 0 amide bonds. The number of aryl methyl sites for hydroxylation is 1. The van der Waals surface area contributed by atoms with Gasteiger partial charge in [-0.1, -0.05) is 19.3 Å². The second-order valence-corrected chi connectivity index (χ2v) is 4.04. The summed E-state index contributed by atoms with van der Waals surface area (Å²) < 4.78 is 6.48. The van der Waals surface area contributed by atoms with Crippen LogP contribution >= 0.6 is 0 Å². The Labute approximate surface area is 101 Å². The van der Waals surface area contributed by atoms with Crippen molar-refractivity contribution in [3.8, 4) is 0 Å². The molecule has 1 N–H and O–H groups in total. The standard InChI is InChI=1S/C12H20N2O3/c1-17-12(16)11(15)6-4-2-3-5-8-14-9-7-13-10-14/h7,9-11,15H,2-6,8H2,1H3. The molecule has 0 aliphatic rings. The van der Waals surface area contributed by atoms with E-state index in [0.29, 0.717) is 6.42 Å². The van der Waals surface area contributed by atoms with E-state index in [1.165, 1.54) is 7.11 Å². The van der Waals surface area contributed by atoms with E-state index in [1.807, 2.05) is 10.8 Å². The third-order valence-electron chi connectivity index (χ3n) is 2.68. The predicted molar refractivity (Wildman–Crippen MR) is 63.3 cm³/mol. The van der Waals surface area contributed by atoms with Crippen molar-refractivity contribution in [1.82, 2.24) is 9.55 Å². The van der Waals surface area contributed by atoms with E-state index in [9.17, 15) is 9.90 Å². The molecule has 96 valence electrons. The molecule has 0 bridgehead atoms. The highest BCUT2D eigenvalue weighted by atomic mass is 16.5. The van der Waals surface area contributed by atoms with Gasteiger partial charge >= 0.3 is 5.97 Å². The zero-order valence-corrected chi connectivity index (χ0v) is 10.2. The summed E-state index contributed by atoms with van der Waals surface area (Å²) in [5.74, 6) is -0.539. The lowest BCUT2D eigenvalue weighted by molar-refractivity contribution is -0.150. The zero-order chi connectivity index (χ0) is 12.5. The number of aliphatic hydroxyl groups excluding tert-OH is 1. The van der Waals surface area contributed by atoms with Crippen molar-refractivity contribution in [2.45, 2.75) is 44.8 Å². The van der Waals surface area contributed by atoms with Crippen LogP contribution in [0.4, 0.5) is 0 Å². The fraction of sp³-hybridized carbons (Fsp3) is 0.667. The van der Waals surface area contributed by atoms with Crippen LogP contribution in [0.15, 0.2) is 18.7 Å². The van der Waals surface area contributed by atoms with Crippen LogP contribution in [-0.4, -0.2) is 33.8 Å². The molecule has 1 rings (SSSR count). The van der Waals surface area contributed by atoms with Crippen molar-refractivity contribution >= 4 is 5.97 Å². The summed E-state index contributed by atoms with van der Waals surface area (Å²) in [7, 11) is 1.29. The largest absolute Gasteiger partial charge is 0.467 e. The number of methoxy groups -OCH3 is 1. The number of imidazole rings is 1. The van der Waals surface area contributed by atoms with Gasteiger partial charge in [0.1, 0.15) is 0 Å². The van der Waals surface area contributed by atoms with Crippen molar-refractivity contribution in [1.29, 1.82) is 0 Å². The van der Waals surface area contributed by atoms with E-state index in [1.54, 1.807) is 12.5 Å². The third kappa shape index (κ3) is 5.49. The molecule has 0 radical (unpaired) electrons. The molecule has 0 aliphatic heterocycles. The molecule has 1 aromatic heterocycles. The average molecular weight is 240 g/mol. The molecule has 17 heavy (non-hydrogen) atoms. The molecule has 1 aromatic rings. The van der Waals surface area contributed by atoms with Gasteiger partial charge in [-0.2, -0.15) is 0 Å². The highest BCUT2D eigenvalue weighted by Gasteiger charge is 2.13. The Balaban J connectivity index is 1.96. The minimum atomic E-state index is -0.964. The first-order valence-corrected chi connectivity index (χ1v) is 5.95. The Morgan fingerprint density at radius 2 is 2.18 bits per heavy atom. The van der Waals surface area contributed by atoms with Crippen LogP contribution in [0, 0.1) is 0 Å². The van der Waals surface area contributed by atoms with Gasteiger partial charge in [-0.3, -0.25) is 0 Å². The fourth-order valence-corrected chi connectivity index (χ4v) is 1.66. The van der Waals surface area contributed by atoms with Gasteiger partial charge in [-0.25, -0.2) is 9.78 Å². The summed E-state index contributed by atoms with van der Waals surface area (Å²) in [4.78, 5) is 14.9. The SMILES string of the molecule is COC(=O)C(O)CCCCCCn1ccnc1. The maximum atomic E-state index is 10.9. The summed E-state index contributed by atoms with van der Waals surface area (Å²) in [5.41, 5.74) is 0. The topological polar surface area (TPSA) is 64.3 Å². The molecule has 1 unspecified atom stereocenters. The van der Waals surface area contributed by atoms with Crippen LogP contribution < -0.4 is 0 Å². The molecular weight excluding hydrogens is 220 g/mol. The summed E-state index contributed by atoms with van der Waals surface area (Å²) in [6.07, 6.45) is 9.08. The molecule has 0 fully saturated rings. The molecule has 0 spiro atoms. The molecular formula is C12H20N2O3. The Bertz CT molecular complexity index is 312. The molecule has 0 aromatic carbocycles. The van der Waals surface area contributed by atoms with E-state index in [0.717, 1.165) is 32.2 Å². The van der Waals surface area contributed by atoms with Crippen LogP contribution in [0.2, 0.25) is 0 Å². The van der Waals surface area contributed by atoms with E-state index in [4.69, 9.17) is 0 Å². The average Bonchev–Trinajstić information content (AvgIpc) is 2.85. The Morgan fingerprint density at radius 1 is 1.41 bits per heavy atom. The van der Waals surface area contributed by atoms with Gasteiger partial charge in [0.15, 0.2) is 6.10 Å². The van der Waals surface area contributed by atoms with E-state index >= 15 is 0 Å². The first-order chi connectivity index (χ1) is 8.24. The van der Waals surface area contributed by atoms with Gasteiger partial charge < -0.3 is 14.4 Å². The van der Waals surface area contributed by atoms with Crippen molar-refractivity contribution in [2.75, 3.05) is 7.11 Å². The number of esters is 1. The monoisotopic (exact) mass is 240 g/mol. The molecule has 0 aliphatic carbocycles. The maximum Gasteiger partial charge on any atom is 0.334 e. The zero-order valence-electron chi connectivity index (χ0n) is 10.2. The number of carbonyl (C=O) groups is 1. The number of aromatic nitrogens is 2. The lowest BCUT2D eigenvalue weighted by atomic mass is 10.1. The van der Waals surface area contributed by atoms with Crippen LogP contribution in [0.5, 0.6) is 0 Å². The van der Waals surface area contributed by atoms with Gasteiger partial charge in [-0.05, 0) is 12.8 Å². The number of unbranched alkanes of at least 4 members (excludes halogenated alkanes) is 3. The van der Waals surface area contributed by atoms with Gasteiger partial charge in [-0.15, -0.1) is 0 Å². The van der Waals surface area contributed by atoms with E-state index in [-0.39, 0.29) is 0 Å². The quantitative estimate of drug-likeness (QED) is 0.550. The molecule has 5 heteroatoms. The van der Waals surface area contributed by atoms with Gasteiger partial charge in [0, 0.05) is 18.9 Å². The lowest BCUT2D eigenvalue weighted by Crippen LogP contribution is -2.21. The normalized spacial score (nSPS) is 12.4. The van der Waals surface area contributed by atoms with Crippen molar-refractivity contribution in [2.24, 2.45) is 0 Å². The van der Waals surface area contributed by atoms with Crippen molar-refractivity contribution < 1.29 is 14.6 Å². The minimum Gasteiger partial charge on any atom is -0.467 e. The smallest absolute Gasteiger partial charge is 0.334 e. The van der Waals surface area contributed by atoms with E-state index in [2.05, 4.69) is 9.72 Å². The second-order valence-electron chi connectivity index (χ2n) is 4.04. The Kier molecular flexibility index (Phi) is 6.32. The van der Waals surface area contributed by atoms with Crippen molar-refractivity contribution in [3.05, 3.63) is 18.7 Å². The van der Waals surface area contributed by atoms with Gasteiger partial charge in [0.2, 0.25) is 0 Å². The molecule has 1 heterocycles. The van der Waals surface area contributed by atoms with Gasteiger partial charge in [0.25, 0.3) is 0 Å². The van der Waals surface area contributed by atoms with Crippen LogP contribution in [0.25, 0.3) is 0 Å². The molecule has 0 saturated heterocycles. The number of hydrogen-bond acceptors (Lipinski definition) is 4. The van der Waals surface area contributed by atoms with Gasteiger partial charge in [0.05, 0.1) is 13.4 Å². The molecule has 0 saturated carbocycles. The fourth-order valence-electron chi connectivity index (χ4n) is 1.66. The molecule has 1 atom stereocenters. The number of ether oxygens (including phenoxy) is 1. The summed E-state index contributed by atoms with van der Waals surface area (Å²) in [5, 5.41) is 9.34. The van der Waals surface area contributed by atoms with Crippen LogP contribution in [0.1, 0.15) is 32.1 Å². The van der Waals surface area contributed by atoms with Crippen LogP contribution in [0.3, 0.4) is 0 Å². The minimum absolute atomic E-state index is 0.484. The number of rotatable bonds is 8. The number of carbonyl (C=O) groups excluding carboxylic acids is 1. The number of hydrogen-bond donors (Lipinski definition) is 1. The third-order valence-corrected chi connectivity index (χ3v) is 2.68. The van der Waals surface area contributed by atoms with Crippen LogP contribution in [-0.2, 0) is 16.1 Å². The highest BCUT2D eigenvalue weighted by molar-refractivity contribution is 5.74. The Morgan fingerprint density at radius 3 is 2.82 bits per heavy atom. The maximum absolute atomic E-state index is 10.9. The predicted octanol–water partition coefficient (Wildman–Crippen LogP) is 1.37. The first-order valence-electron chi connectivity index (χ1n) is 5.95. The first kappa shape index (κ1) is 13.7. The summed E-state index contributed by atoms with van der Waals surface area (Å²) >= 11 is 0. The van der Waals surface area contributed by atoms with Crippen molar-refractivity contribution in [3.63, 3.8) is 0 Å². The summed E-state index contributed by atoms with van der Waals surface area (Å²) in [6.45, 7) is 0.972. The van der Waals surface area contributed by atoms with E-state index < -0.39 is 12.1 Å². The second kappa shape index (κ2) is 7.84. The molecule has 5 nitrogen and oxygen atoms in total. The summed E-state index contributed by atoms with van der Waals surface area (Å²) in [6, 6.07) is 0. The lowest BCUT2D eigenvalue weighted by Gasteiger charge is -2.07. The number of aliphatic hydroxyl groups is 1. The Hall–Kier alpha value is -1.36. The highest BCUT2D eigenvalue weighted by Crippen LogP contribution is 2.07. The number of nitrogens with zero attached hydrogens (tertiary/aromatic N) is 2.